The van der Waals surface area contributed by atoms with Crippen LogP contribution >= 0.6 is 15.9 Å². The van der Waals surface area contributed by atoms with Crippen molar-refractivity contribution in [2.75, 3.05) is 13.1 Å². The molecule has 2 atom stereocenters. The van der Waals surface area contributed by atoms with Crippen LogP contribution < -0.4 is 26.8 Å². The molecule has 0 aliphatic heterocycles. The average molecular weight is 963 g/mol. The Morgan fingerprint density at radius 1 is 0.569 bits per heavy atom. The highest BCUT2D eigenvalue weighted by Gasteiger charge is 2.26. The minimum absolute atomic E-state index is 0. The molecule has 6 nitrogen and oxygen atoms in total. The zero-order valence-electron chi connectivity index (χ0n) is 39.6. The van der Waals surface area contributed by atoms with Crippen molar-refractivity contribution in [3.63, 3.8) is 0 Å². The van der Waals surface area contributed by atoms with Crippen LogP contribution in [0.1, 0.15) is 124 Å². The Morgan fingerprint density at radius 3 is 1.42 bits per heavy atom. The predicted octanol–water partition coefficient (Wildman–Crippen LogP) is 9.86. The highest BCUT2D eigenvalue weighted by atomic mass is 79.9. The number of benzene rings is 6. The zero-order valence-corrected chi connectivity index (χ0v) is 41.9. The molecule has 0 aliphatic carbocycles. The van der Waals surface area contributed by atoms with Gasteiger partial charge in [0.1, 0.15) is 24.7 Å². The number of quaternary nitrogens is 1. The summed E-state index contributed by atoms with van der Waals surface area (Å²) in [5.41, 5.74) is 7.23. The first-order valence-electron chi connectivity index (χ1n) is 23.0. The van der Waals surface area contributed by atoms with E-state index < -0.39 is 5.97 Å². The molecule has 0 spiro atoms. The first-order valence-corrected chi connectivity index (χ1v) is 23.8. The zero-order chi connectivity index (χ0) is 46.0. The van der Waals surface area contributed by atoms with Gasteiger partial charge in [0.15, 0.2) is 0 Å². The molecule has 6 aromatic rings. The summed E-state index contributed by atoms with van der Waals surface area (Å²) in [6.07, 6.45) is 1.94. The van der Waals surface area contributed by atoms with Crippen molar-refractivity contribution in [3.8, 4) is 11.5 Å². The molecule has 6 rings (SSSR count). The standard InChI is InChI=1S/C29H35NO3.C28H34BrNO.ClH/c1-21(2)30(22(3)4)18-17-26(24-13-9-6-10-14-24)27-19-25(29(31)32)15-16-28(27)33-20-23-11-7-5-8-12-23;1-21(2)30(22(3)4)18-17-26(24-13-9-6-10-14-24)27-19-25(29)15-16-28(27)31-20-23-11-7-5-8-12-23;/h5-16,19,21-22,26H,17-18,20H2,1-4H3,(H,31,32);5-16,19,21-22,26H,17-18,20H2,1-4H3;1H/t2*26-;/m00./s1. The molecular formula is C57H70BrClN2O4. The Morgan fingerprint density at radius 2 is 0.985 bits per heavy atom. The number of carbonyl (C=O) groups is 1. The van der Waals surface area contributed by atoms with Gasteiger partial charge in [-0.05, 0) is 127 Å². The third-order valence-electron chi connectivity index (χ3n) is 12.1. The van der Waals surface area contributed by atoms with Crippen LogP contribution in [0.25, 0.3) is 0 Å². The lowest BCUT2D eigenvalue weighted by Crippen LogP contribution is -3.17. The van der Waals surface area contributed by atoms with E-state index in [-0.39, 0.29) is 29.8 Å². The number of nitrogens with zero attached hydrogens (tertiary/aromatic N) is 1. The Kier molecular flexibility index (Phi) is 21.8. The number of aromatic carboxylic acids is 1. The fourth-order valence-electron chi connectivity index (χ4n) is 8.80. The van der Waals surface area contributed by atoms with Crippen molar-refractivity contribution in [2.24, 2.45) is 0 Å². The van der Waals surface area contributed by atoms with Crippen LogP contribution in [0.2, 0.25) is 0 Å². The van der Waals surface area contributed by atoms with Gasteiger partial charge in [-0.1, -0.05) is 137 Å². The fraction of sp³-hybridized carbons (Fsp3) is 0.351. The number of hydrogen-bond donors (Lipinski definition) is 2. The van der Waals surface area contributed by atoms with Crippen molar-refractivity contribution < 1.29 is 36.7 Å². The Balaban J connectivity index is 0.000000281. The highest BCUT2D eigenvalue weighted by Crippen LogP contribution is 2.38. The van der Waals surface area contributed by atoms with Gasteiger partial charge in [-0.15, -0.1) is 0 Å². The number of carboxylic acids is 1. The van der Waals surface area contributed by atoms with Gasteiger partial charge >= 0.3 is 5.97 Å². The van der Waals surface area contributed by atoms with Crippen LogP contribution in [-0.2, 0) is 13.2 Å². The second-order valence-electron chi connectivity index (χ2n) is 17.9. The van der Waals surface area contributed by atoms with Gasteiger partial charge < -0.3 is 31.9 Å². The second-order valence-corrected chi connectivity index (χ2v) is 18.8. The van der Waals surface area contributed by atoms with Crippen LogP contribution in [0.15, 0.2) is 162 Å². The summed E-state index contributed by atoms with van der Waals surface area (Å²) in [7, 11) is 0. The van der Waals surface area contributed by atoms with E-state index in [1.807, 2.05) is 60.7 Å². The lowest BCUT2D eigenvalue weighted by Gasteiger charge is -2.32. The highest BCUT2D eigenvalue weighted by molar-refractivity contribution is 9.10. The van der Waals surface area contributed by atoms with Gasteiger partial charge in [0.05, 0.1) is 24.2 Å². The Hall–Kier alpha value is -4.92. The molecule has 346 valence electrons. The fourth-order valence-corrected chi connectivity index (χ4v) is 9.18. The molecule has 0 aromatic heterocycles. The van der Waals surface area contributed by atoms with E-state index in [1.165, 1.54) is 27.2 Å². The molecule has 0 amide bonds. The maximum Gasteiger partial charge on any atom is 0.335 e. The second kappa shape index (κ2) is 26.9. The summed E-state index contributed by atoms with van der Waals surface area (Å²) in [5, 5.41) is 9.68. The van der Waals surface area contributed by atoms with Gasteiger partial charge in [0, 0.05) is 45.9 Å². The molecule has 0 unspecified atom stereocenters. The van der Waals surface area contributed by atoms with Crippen molar-refractivity contribution >= 4 is 21.9 Å². The maximum atomic E-state index is 11.8. The van der Waals surface area contributed by atoms with E-state index in [1.54, 1.807) is 12.1 Å². The van der Waals surface area contributed by atoms with Crippen molar-refractivity contribution in [3.05, 3.63) is 201 Å². The number of ether oxygens (including phenoxy) is 2. The first-order chi connectivity index (χ1) is 30.8. The largest absolute Gasteiger partial charge is 1.00 e. The molecule has 6 aromatic carbocycles. The topological polar surface area (TPSA) is 63.4 Å². The monoisotopic (exact) mass is 960 g/mol. The Bertz CT molecular complexity index is 2260. The molecule has 0 saturated heterocycles. The van der Waals surface area contributed by atoms with E-state index in [2.05, 4.69) is 161 Å². The van der Waals surface area contributed by atoms with Crippen LogP contribution in [0.4, 0.5) is 0 Å². The molecule has 0 bridgehead atoms. The van der Waals surface area contributed by atoms with Crippen LogP contribution in [0.3, 0.4) is 0 Å². The molecule has 0 aliphatic rings. The molecule has 2 N–H and O–H groups in total. The molecule has 0 heterocycles. The molecule has 65 heavy (non-hydrogen) atoms. The van der Waals surface area contributed by atoms with E-state index in [4.69, 9.17) is 9.47 Å². The maximum absolute atomic E-state index is 11.8. The summed E-state index contributed by atoms with van der Waals surface area (Å²) in [6, 6.07) is 55.3. The Labute approximate surface area is 404 Å². The van der Waals surface area contributed by atoms with Crippen molar-refractivity contribution in [1.29, 1.82) is 0 Å². The van der Waals surface area contributed by atoms with Crippen LogP contribution in [-0.4, -0.2) is 53.2 Å². The predicted molar refractivity (Wildman–Crippen MR) is 268 cm³/mol. The van der Waals surface area contributed by atoms with E-state index in [0.29, 0.717) is 37.4 Å². The lowest BCUT2D eigenvalue weighted by molar-refractivity contribution is -0.942. The molecule has 0 saturated carbocycles. The van der Waals surface area contributed by atoms with E-state index >= 15 is 0 Å². The summed E-state index contributed by atoms with van der Waals surface area (Å²) >= 11 is 3.69. The molecular weight excluding hydrogens is 892 g/mol. The number of nitrogens with one attached hydrogen (secondary N) is 1. The third-order valence-corrected chi connectivity index (χ3v) is 12.6. The normalized spacial score (nSPS) is 12.2. The van der Waals surface area contributed by atoms with Gasteiger partial charge in [0.2, 0.25) is 0 Å². The van der Waals surface area contributed by atoms with Gasteiger partial charge in [0.25, 0.3) is 0 Å². The summed E-state index contributed by atoms with van der Waals surface area (Å²) in [5.74, 6) is 1.09. The van der Waals surface area contributed by atoms with E-state index in [9.17, 15) is 9.90 Å². The van der Waals surface area contributed by atoms with Crippen LogP contribution in [0, 0.1) is 0 Å². The van der Waals surface area contributed by atoms with Crippen molar-refractivity contribution in [1.82, 2.24) is 4.90 Å². The number of halogens is 2. The van der Waals surface area contributed by atoms with E-state index in [0.717, 1.165) is 53.0 Å². The average Bonchev–Trinajstić information content (AvgIpc) is 3.29. The van der Waals surface area contributed by atoms with Crippen molar-refractivity contribution in [2.45, 2.75) is 117 Å². The SMILES string of the molecule is CC(C)N(CC[C@@H](c1ccccc1)c1cc(Br)ccc1OCc1ccccc1)C(C)C.CC(C)[NH+](CC[C@@H](c1ccccc1)c1cc(C(=O)O)ccc1OCc1ccccc1)C(C)C.[Cl-]. The number of rotatable bonds is 21. The minimum Gasteiger partial charge on any atom is -1.00 e. The van der Waals surface area contributed by atoms with Gasteiger partial charge in [-0.3, -0.25) is 4.90 Å². The first kappa shape index (κ1) is 52.7. The number of hydrogen-bond acceptors (Lipinski definition) is 4. The van der Waals surface area contributed by atoms with Gasteiger partial charge in [-0.25, -0.2) is 4.79 Å². The molecule has 8 heteroatoms. The smallest absolute Gasteiger partial charge is 0.335 e. The lowest BCUT2D eigenvalue weighted by atomic mass is 9.86. The molecule has 0 fully saturated rings. The minimum atomic E-state index is -0.922. The van der Waals surface area contributed by atoms with Gasteiger partial charge in [-0.2, -0.15) is 0 Å². The third kappa shape index (κ3) is 16.2. The number of carboxylic acid groups (broad SMARTS) is 1. The summed E-state index contributed by atoms with van der Waals surface area (Å²) < 4.78 is 13.7. The summed E-state index contributed by atoms with van der Waals surface area (Å²) in [4.78, 5) is 15.9. The summed E-state index contributed by atoms with van der Waals surface area (Å²) in [6.45, 7) is 21.2. The quantitative estimate of drug-likeness (QED) is 0.0753. The molecule has 0 radical (unpaired) electrons. The van der Waals surface area contributed by atoms with Crippen LogP contribution in [0.5, 0.6) is 11.5 Å².